The number of rotatable bonds is 6. The molecule has 108 valence electrons. The van der Waals surface area contributed by atoms with Crippen LogP contribution in [0.2, 0.25) is 0 Å². The van der Waals surface area contributed by atoms with Crippen LogP contribution in [0.15, 0.2) is 17.5 Å². The third kappa shape index (κ3) is 6.21. The molecule has 19 heavy (non-hydrogen) atoms. The van der Waals surface area contributed by atoms with Gasteiger partial charge in [-0.25, -0.2) is 0 Å². The highest BCUT2D eigenvalue weighted by Crippen LogP contribution is 2.21. The molecule has 0 spiro atoms. The highest BCUT2D eigenvalue weighted by Gasteiger charge is 2.22. The Morgan fingerprint density at radius 1 is 1.47 bits per heavy atom. The first kappa shape index (κ1) is 16.2. The van der Waals surface area contributed by atoms with E-state index in [1.807, 2.05) is 24.4 Å². The second kappa shape index (κ2) is 7.06. The van der Waals surface area contributed by atoms with Crippen molar-refractivity contribution in [2.24, 2.45) is 11.3 Å². The van der Waals surface area contributed by atoms with Gasteiger partial charge in [-0.3, -0.25) is 4.79 Å². The van der Waals surface area contributed by atoms with Gasteiger partial charge in [-0.1, -0.05) is 33.8 Å². The van der Waals surface area contributed by atoms with Crippen LogP contribution in [0, 0.1) is 11.3 Å². The second-order valence-corrected chi connectivity index (χ2v) is 7.37. The molecule has 1 rings (SSSR count). The molecule has 4 heteroatoms. The number of nitrogens with one attached hydrogen (secondary N) is 1. The minimum absolute atomic E-state index is 0.00523. The fourth-order valence-electron chi connectivity index (χ4n) is 2.07. The van der Waals surface area contributed by atoms with Gasteiger partial charge in [-0.05, 0) is 29.7 Å². The van der Waals surface area contributed by atoms with Crippen LogP contribution in [0.25, 0.3) is 0 Å². The summed E-state index contributed by atoms with van der Waals surface area (Å²) in [6, 6.07) is 3.90. The highest BCUT2D eigenvalue weighted by atomic mass is 32.1. The SMILES string of the molecule is CC(Cc1cccs1)C(=O)NC(CO)CC(C)(C)C. The van der Waals surface area contributed by atoms with E-state index in [4.69, 9.17) is 0 Å². The van der Waals surface area contributed by atoms with Crippen LogP contribution in [-0.4, -0.2) is 23.7 Å². The molecule has 2 unspecified atom stereocenters. The summed E-state index contributed by atoms with van der Waals surface area (Å²) < 4.78 is 0. The molecule has 1 aromatic heterocycles. The van der Waals surface area contributed by atoms with Gasteiger partial charge in [0.2, 0.25) is 5.91 Å². The Morgan fingerprint density at radius 2 is 2.16 bits per heavy atom. The predicted octanol–water partition coefficient (Wildman–Crippen LogP) is 2.84. The van der Waals surface area contributed by atoms with E-state index in [9.17, 15) is 9.90 Å². The van der Waals surface area contributed by atoms with Crippen molar-refractivity contribution in [3.05, 3.63) is 22.4 Å². The zero-order valence-electron chi connectivity index (χ0n) is 12.3. The average Bonchev–Trinajstić information content (AvgIpc) is 2.78. The van der Waals surface area contributed by atoms with E-state index in [2.05, 4.69) is 26.1 Å². The van der Waals surface area contributed by atoms with Crippen molar-refractivity contribution in [2.45, 2.75) is 46.6 Å². The van der Waals surface area contributed by atoms with E-state index in [0.29, 0.717) is 0 Å². The summed E-state index contributed by atoms with van der Waals surface area (Å²) in [4.78, 5) is 13.3. The van der Waals surface area contributed by atoms with Crippen molar-refractivity contribution in [3.8, 4) is 0 Å². The van der Waals surface area contributed by atoms with Crippen molar-refractivity contribution < 1.29 is 9.90 Å². The molecule has 0 saturated carbocycles. The minimum Gasteiger partial charge on any atom is -0.394 e. The molecule has 1 heterocycles. The molecule has 1 amide bonds. The highest BCUT2D eigenvalue weighted by molar-refractivity contribution is 7.09. The second-order valence-electron chi connectivity index (χ2n) is 6.34. The lowest BCUT2D eigenvalue weighted by Gasteiger charge is -2.26. The summed E-state index contributed by atoms with van der Waals surface area (Å²) in [7, 11) is 0. The minimum atomic E-state index is -0.154. The summed E-state index contributed by atoms with van der Waals surface area (Å²) in [5.74, 6) is -0.0376. The van der Waals surface area contributed by atoms with Crippen molar-refractivity contribution in [2.75, 3.05) is 6.61 Å². The molecule has 2 atom stereocenters. The Labute approximate surface area is 120 Å². The Balaban J connectivity index is 2.47. The quantitative estimate of drug-likeness (QED) is 0.843. The lowest BCUT2D eigenvalue weighted by Crippen LogP contribution is -2.42. The van der Waals surface area contributed by atoms with Gasteiger partial charge in [0.1, 0.15) is 0 Å². The number of hydrogen-bond acceptors (Lipinski definition) is 3. The van der Waals surface area contributed by atoms with Gasteiger partial charge in [-0.2, -0.15) is 0 Å². The molecule has 0 aliphatic carbocycles. The molecule has 0 radical (unpaired) electrons. The van der Waals surface area contributed by atoms with Crippen molar-refractivity contribution in [1.82, 2.24) is 5.32 Å². The lowest BCUT2D eigenvalue weighted by molar-refractivity contribution is -0.125. The van der Waals surface area contributed by atoms with Gasteiger partial charge in [0.05, 0.1) is 12.6 Å². The zero-order valence-corrected chi connectivity index (χ0v) is 13.1. The van der Waals surface area contributed by atoms with Crippen LogP contribution in [0.5, 0.6) is 0 Å². The first-order valence-electron chi connectivity index (χ1n) is 6.75. The number of hydrogen-bond donors (Lipinski definition) is 2. The molecular weight excluding hydrogens is 258 g/mol. The van der Waals surface area contributed by atoms with E-state index in [-0.39, 0.29) is 29.9 Å². The standard InChI is InChI=1S/C15H25NO2S/c1-11(8-13-6-5-7-19-13)14(18)16-12(10-17)9-15(2,3)4/h5-7,11-12,17H,8-10H2,1-4H3,(H,16,18). The number of carbonyl (C=O) groups is 1. The normalized spacial score (nSPS) is 15.0. The van der Waals surface area contributed by atoms with Crippen LogP contribution >= 0.6 is 11.3 Å². The Kier molecular flexibility index (Phi) is 6.01. The number of aliphatic hydroxyl groups is 1. The molecule has 2 N–H and O–H groups in total. The van der Waals surface area contributed by atoms with Crippen LogP contribution in [0.1, 0.15) is 39.0 Å². The van der Waals surface area contributed by atoms with Crippen LogP contribution < -0.4 is 5.32 Å². The maximum absolute atomic E-state index is 12.1. The van der Waals surface area contributed by atoms with Gasteiger partial charge in [0, 0.05) is 10.8 Å². The fraction of sp³-hybridized carbons (Fsp3) is 0.667. The first-order chi connectivity index (χ1) is 8.81. The molecule has 3 nitrogen and oxygen atoms in total. The van der Waals surface area contributed by atoms with Crippen LogP contribution in [-0.2, 0) is 11.2 Å². The van der Waals surface area contributed by atoms with Gasteiger partial charge in [0.25, 0.3) is 0 Å². The molecule has 0 fully saturated rings. The van der Waals surface area contributed by atoms with E-state index < -0.39 is 0 Å². The third-order valence-corrected chi connectivity index (χ3v) is 3.86. The van der Waals surface area contributed by atoms with Crippen molar-refractivity contribution >= 4 is 17.2 Å². The van der Waals surface area contributed by atoms with Crippen LogP contribution in [0.4, 0.5) is 0 Å². The molecular formula is C15H25NO2S. The number of thiophene rings is 1. The Morgan fingerprint density at radius 3 is 2.63 bits per heavy atom. The Bertz CT molecular complexity index is 381. The van der Waals surface area contributed by atoms with Gasteiger partial charge in [-0.15, -0.1) is 11.3 Å². The maximum atomic E-state index is 12.1. The van der Waals surface area contributed by atoms with Gasteiger partial charge in [0.15, 0.2) is 0 Å². The smallest absolute Gasteiger partial charge is 0.223 e. The summed E-state index contributed by atoms with van der Waals surface area (Å²) >= 11 is 1.67. The number of aliphatic hydroxyl groups excluding tert-OH is 1. The first-order valence-corrected chi connectivity index (χ1v) is 7.63. The predicted molar refractivity (Wildman–Crippen MR) is 80.3 cm³/mol. The lowest BCUT2D eigenvalue weighted by atomic mass is 9.88. The fourth-order valence-corrected chi connectivity index (χ4v) is 2.90. The van der Waals surface area contributed by atoms with E-state index in [0.717, 1.165) is 12.8 Å². The Hall–Kier alpha value is -0.870. The van der Waals surface area contributed by atoms with E-state index >= 15 is 0 Å². The average molecular weight is 283 g/mol. The molecule has 0 aromatic carbocycles. The summed E-state index contributed by atoms with van der Waals surface area (Å²) in [6.45, 7) is 8.25. The van der Waals surface area contributed by atoms with Crippen molar-refractivity contribution in [3.63, 3.8) is 0 Å². The van der Waals surface area contributed by atoms with E-state index in [1.54, 1.807) is 11.3 Å². The third-order valence-electron chi connectivity index (χ3n) is 2.96. The monoisotopic (exact) mass is 283 g/mol. The molecule has 0 bridgehead atoms. The zero-order chi connectivity index (χ0) is 14.5. The van der Waals surface area contributed by atoms with Gasteiger partial charge < -0.3 is 10.4 Å². The van der Waals surface area contributed by atoms with Crippen molar-refractivity contribution in [1.29, 1.82) is 0 Å². The topological polar surface area (TPSA) is 49.3 Å². The summed E-state index contributed by atoms with van der Waals surface area (Å²) in [6.07, 6.45) is 1.54. The maximum Gasteiger partial charge on any atom is 0.223 e. The molecule has 1 aromatic rings. The number of carbonyl (C=O) groups excluding carboxylic acids is 1. The summed E-state index contributed by atoms with van der Waals surface area (Å²) in [5, 5.41) is 14.3. The summed E-state index contributed by atoms with van der Waals surface area (Å²) in [5.41, 5.74) is 0.0949. The van der Waals surface area contributed by atoms with E-state index in [1.165, 1.54) is 4.88 Å². The molecule has 0 aliphatic rings. The molecule has 0 saturated heterocycles. The largest absolute Gasteiger partial charge is 0.394 e. The van der Waals surface area contributed by atoms with Gasteiger partial charge >= 0.3 is 0 Å². The molecule has 0 aliphatic heterocycles. The van der Waals surface area contributed by atoms with Crippen LogP contribution in [0.3, 0.4) is 0 Å². The number of amides is 1.